The lowest BCUT2D eigenvalue weighted by atomic mass is 9.92. The second-order valence-electron chi connectivity index (χ2n) is 7.04. The highest BCUT2D eigenvalue weighted by Crippen LogP contribution is 2.42. The summed E-state index contributed by atoms with van der Waals surface area (Å²) >= 11 is 0. The molecule has 0 spiro atoms. The number of hydrogen-bond donors (Lipinski definition) is 0. The van der Waals surface area contributed by atoms with Gasteiger partial charge in [-0.05, 0) is 42.7 Å². The minimum absolute atomic E-state index is 0.0844. The monoisotopic (exact) mass is 376 g/mol. The Morgan fingerprint density at radius 3 is 2.57 bits per heavy atom. The zero-order valence-corrected chi connectivity index (χ0v) is 16.2. The molecule has 1 aromatic heterocycles. The first-order chi connectivity index (χ1) is 13.7. The lowest BCUT2D eigenvalue weighted by molar-refractivity contribution is -0.137. The van der Waals surface area contributed by atoms with Gasteiger partial charge in [0.15, 0.2) is 0 Å². The van der Waals surface area contributed by atoms with Crippen LogP contribution in [-0.2, 0) is 11.3 Å². The SMILES string of the molecule is COc1cccc(OC)c1[C@H]1CCCC(=O)N1Cc1cnc2ccccc2c1. The normalized spacial score (nSPS) is 17.0. The summed E-state index contributed by atoms with van der Waals surface area (Å²) in [5.74, 6) is 1.65. The minimum atomic E-state index is -0.0844. The predicted octanol–water partition coefficient (Wildman–Crippen LogP) is 4.51. The maximum Gasteiger partial charge on any atom is 0.223 e. The highest BCUT2D eigenvalue weighted by Gasteiger charge is 2.33. The van der Waals surface area contributed by atoms with E-state index < -0.39 is 0 Å². The van der Waals surface area contributed by atoms with E-state index in [0.717, 1.165) is 46.4 Å². The molecule has 1 saturated heterocycles. The Hall–Kier alpha value is -3.08. The fourth-order valence-corrected chi connectivity index (χ4v) is 4.03. The second kappa shape index (κ2) is 7.89. The number of para-hydroxylation sites is 1. The van der Waals surface area contributed by atoms with E-state index in [0.29, 0.717) is 13.0 Å². The van der Waals surface area contributed by atoms with Gasteiger partial charge >= 0.3 is 0 Å². The van der Waals surface area contributed by atoms with E-state index in [1.54, 1.807) is 14.2 Å². The third kappa shape index (κ3) is 3.40. The second-order valence-corrected chi connectivity index (χ2v) is 7.04. The maximum atomic E-state index is 12.9. The van der Waals surface area contributed by atoms with Crippen molar-refractivity contribution in [2.75, 3.05) is 14.2 Å². The summed E-state index contributed by atoms with van der Waals surface area (Å²) in [7, 11) is 3.31. The number of pyridine rings is 1. The van der Waals surface area contributed by atoms with E-state index in [9.17, 15) is 4.79 Å². The zero-order valence-electron chi connectivity index (χ0n) is 16.2. The van der Waals surface area contributed by atoms with Crippen LogP contribution in [-0.4, -0.2) is 30.0 Å². The van der Waals surface area contributed by atoms with Crippen LogP contribution in [0.5, 0.6) is 11.5 Å². The van der Waals surface area contributed by atoms with Crippen LogP contribution >= 0.6 is 0 Å². The van der Waals surface area contributed by atoms with Crippen molar-refractivity contribution in [1.29, 1.82) is 0 Å². The molecule has 5 nitrogen and oxygen atoms in total. The third-order valence-electron chi connectivity index (χ3n) is 5.36. The number of fused-ring (bicyclic) bond motifs is 1. The summed E-state index contributed by atoms with van der Waals surface area (Å²) in [4.78, 5) is 19.4. The van der Waals surface area contributed by atoms with Gasteiger partial charge in [-0.2, -0.15) is 0 Å². The highest BCUT2D eigenvalue weighted by molar-refractivity contribution is 5.80. The van der Waals surface area contributed by atoms with Crippen LogP contribution in [0.25, 0.3) is 10.9 Å². The Balaban J connectivity index is 1.72. The molecule has 1 fully saturated rings. The molecule has 1 aliphatic heterocycles. The molecule has 4 rings (SSSR count). The molecular weight excluding hydrogens is 352 g/mol. The molecule has 5 heteroatoms. The van der Waals surface area contributed by atoms with E-state index >= 15 is 0 Å². The van der Waals surface area contributed by atoms with Crippen molar-refractivity contribution >= 4 is 16.8 Å². The van der Waals surface area contributed by atoms with E-state index in [4.69, 9.17) is 9.47 Å². The van der Waals surface area contributed by atoms with Crippen LogP contribution in [0, 0.1) is 0 Å². The Morgan fingerprint density at radius 2 is 1.82 bits per heavy atom. The number of hydrogen-bond acceptors (Lipinski definition) is 4. The molecule has 1 amide bonds. The smallest absolute Gasteiger partial charge is 0.223 e. The number of rotatable bonds is 5. The zero-order chi connectivity index (χ0) is 19.5. The molecule has 1 aliphatic rings. The number of aromatic nitrogens is 1. The quantitative estimate of drug-likeness (QED) is 0.658. The van der Waals surface area contributed by atoms with Crippen molar-refractivity contribution < 1.29 is 14.3 Å². The fraction of sp³-hybridized carbons (Fsp3) is 0.304. The molecule has 0 N–H and O–H groups in total. The van der Waals surface area contributed by atoms with Crippen LogP contribution in [0.2, 0.25) is 0 Å². The largest absolute Gasteiger partial charge is 0.496 e. The molecule has 144 valence electrons. The molecular formula is C23H24N2O3. The van der Waals surface area contributed by atoms with Crippen LogP contribution in [0.15, 0.2) is 54.7 Å². The van der Waals surface area contributed by atoms with Gasteiger partial charge in [-0.15, -0.1) is 0 Å². The van der Waals surface area contributed by atoms with Crippen molar-refractivity contribution in [3.8, 4) is 11.5 Å². The van der Waals surface area contributed by atoms with E-state index in [-0.39, 0.29) is 11.9 Å². The molecule has 0 saturated carbocycles. The number of amides is 1. The van der Waals surface area contributed by atoms with Crippen molar-refractivity contribution in [3.05, 3.63) is 65.9 Å². The average molecular weight is 376 g/mol. The number of methoxy groups -OCH3 is 2. The Bertz CT molecular complexity index is 980. The average Bonchev–Trinajstić information content (AvgIpc) is 2.74. The lowest BCUT2D eigenvalue weighted by Gasteiger charge is -2.37. The molecule has 0 radical (unpaired) electrons. The van der Waals surface area contributed by atoms with Crippen molar-refractivity contribution in [2.45, 2.75) is 31.8 Å². The van der Waals surface area contributed by atoms with Crippen molar-refractivity contribution in [2.24, 2.45) is 0 Å². The Labute approximate surface area is 164 Å². The number of nitrogens with zero attached hydrogens (tertiary/aromatic N) is 2. The van der Waals surface area contributed by atoms with Crippen LogP contribution in [0.3, 0.4) is 0 Å². The summed E-state index contributed by atoms with van der Waals surface area (Å²) in [6.45, 7) is 0.516. The summed E-state index contributed by atoms with van der Waals surface area (Å²) in [6, 6.07) is 15.8. The summed E-state index contributed by atoms with van der Waals surface area (Å²) in [5, 5.41) is 1.08. The van der Waals surface area contributed by atoms with Gasteiger partial charge in [-0.25, -0.2) is 0 Å². The van der Waals surface area contributed by atoms with E-state index in [2.05, 4.69) is 11.1 Å². The molecule has 2 aromatic carbocycles. The predicted molar refractivity (Wildman–Crippen MR) is 108 cm³/mol. The van der Waals surface area contributed by atoms with Crippen molar-refractivity contribution in [1.82, 2.24) is 9.88 Å². The Morgan fingerprint density at radius 1 is 1.07 bits per heavy atom. The highest BCUT2D eigenvalue weighted by atomic mass is 16.5. The molecule has 0 bridgehead atoms. The molecule has 28 heavy (non-hydrogen) atoms. The molecule has 0 aliphatic carbocycles. The number of carbonyl (C=O) groups excluding carboxylic acids is 1. The van der Waals surface area contributed by atoms with Crippen molar-refractivity contribution in [3.63, 3.8) is 0 Å². The summed E-state index contributed by atoms with van der Waals surface area (Å²) in [5.41, 5.74) is 2.92. The number of benzene rings is 2. The molecule has 0 unspecified atom stereocenters. The maximum absolute atomic E-state index is 12.9. The van der Waals surface area contributed by atoms with Crippen LogP contribution in [0.4, 0.5) is 0 Å². The number of likely N-dealkylation sites (tertiary alicyclic amines) is 1. The van der Waals surface area contributed by atoms with E-state index in [1.165, 1.54) is 0 Å². The van der Waals surface area contributed by atoms with Gasteiger partial charge in [-0.1, -0.05) is 24.3 Å². The summed E-state index contributed by atoms with van der Waals surface area (Å²) in [6.07, 6.45) is 4.16. The first-order valence-corrected chi connectivity index (χ1v) is 9.55. The van der Waals surface area contributed by atoms with E-state index in [1.807, 2.05) is 53.6 Å². The number of carbonyl (C=O) groups is 1. The van der Waals surface area contributed by atoms with Gasteiger partial charge in [0.1, 0.15) is 11.5 Å². The van der Waals surface area contributed by atoms with Gasteiger partial charge in [0.05, 0.1) is 31.3 Å². The van der Waals surface area contributed by atoms with Gasteiger partial charge in [0.2, 0.25) is 5.91 Å². The first kappa shape index (κ1) is 18.3. The first-order valence-electron chi connectivity index (χ1n) is 9.55. The third-order valence-corrected chi connectivity index (χ3v) is 5.36. The minimum Gasteiger partial charge on any atom is -0.496 e. The number of ether oxygens (including phenoxy) is 2. The fourth-order valence-electron chi connectivity index (χ4n) is 4.03. The van der Waals surface area contributed by atoms with Gasteiger partial charge in [0.25, 0.3) is 0 Å². The number of piperidine rings is 1. The molecule has 1 atom stereocenters. The molecule has 2 heterocycles. The van der Waals surface area contributed by atoms with Gasteiger partial charge in [0, 0.05) is 24.5 Å². The van der Waals surface area contributed by atoms with Crippen LogP contribution < -0.4 is 9.47 Å². The summed E-state index contributed by atoms with van der Waals surface area (Å²) < 4.78 is 11.2. The standard InChI is InChI=1S/C23H24N2O3/c1-27-20-10-6-11-21(28-2)23(20)19-9-5-12-22(26)25(19)15-16-13-17-7-3-4-8-18(17)24-14-16/h3-4,6-8,10-11,13-14,19H,5,9,12,15H2,1-2H3/t19-/m1/s1. The van der Waals surface area contributed by atoms with Gasteiger partial charge in [-0.3, -0.25) is 9.78 Å². The van der Waals surface area contributed by atoms with Gasteiger partial charge < -0.3 is 14.4 Å². The lowest BCUT2D eigenvalue weighted by Crippen LogP contribution is -2.38. The topological polar surface area (TPSA) is 51.7 Å². The molecule has 3 aromatic rings. The Kier molecular flexibility index (Phi) is 5.15. The van der Waals surface area contributed by atoms with Crippen LogP contribution in [0.1, 0.15) is 36.4 Å².